The summed E-state index contributed by atoms with van der Waals surface area (Å²) in [5.74, 6) is 0.305. The normalized spacial score (nSPS) is 12.7. The second-order valence-corrected chi connectivity index (χ2v) is 6.90. The summed E-state index contributed by atoms with van der Waals surface area (Å²) in [5.41, 5.74) is 10.1. The van der Waals surface area contributed by atoms with E-state index in [9.17, 15) is 4.79 Å². The van der Waals surface area contributed by atoms with Crippen LogP contribution in [0.1, 0.15) is 50.2 Å². The van der Waals surface area contributed by atoms with Crippen molar-refractivity contribution in [3.8, 4) is 5.69 Å². The van der Waals surface area contributed by atoms with Crippen LogP contribution in [0.5, 0.6) is 0 Å². The van der Waals surface area contributed by atoms with Crippen LogP contribution < -0.4 is 11.1 Å². The fourth-order valence-electron chi connectivity index (χ4n) is 2.81. The molecule has 1 aromatic heterocycles. The maximum atomic E-state index is 12.1. The van der Waals surface area contributed by atoms with Gasteiger partial charge in [-0.15, -0.1) is 24.8 Å². The zero-order valence-corrected chi connectivity index (χ0v) is 17.7. The van der Waals surface area contributed by atoms with Crippen molar-refractivity contribution in [3.05, 3.63) is 47.3 Å². The lowest BCUT2D eigenvalue weighted by Gasteiger charge is -2.19. The summed E-state index contributed by atoms with van der Waals surface area (Å²) in [6.45, 7) is 10.1. The van der Waals surface area contributed by atoms with Gasteiger partial charge in [-0.25, -0.2) is 4.68 Å². The number of benzene rings is 1. The Morgan fingerprint density at radius 1 is 1.15 bits per heavy atom. The Kier molecular flexibility index (Phi) is 9.92. The van der Waals surface area contributed by atoms with Crippen molar-refractivity contribution in [2.45, 2.75) is 53.1 Å². The van der Waals surface area contributed by atoms with Gasteiger partial charge in [-0.3, -0.25) is 4.79 Å². The van der Waals surface area contributed by atoms with Crippen molar-refractivity contribution in [3.63, 3.8) is 0 Å². The molecule has 146 valence electrons. The minimum atomic E-state index is -0.457. The van der Waals surface area contributed by atoms with Crippen LogP contribution in [0, 0.1) is 19.8 Å². The van der Waals surface area contributed by atoms with E-state index in [0.29, 0.717) is 12.3 Å². The summed E-state index contributed by atoms with van der Waals surface area (Å²) in [7, 11) is 0. The molecule has 2 aromatic rings. The van der Waals surface area contributed by atoms with E-state index in [0.717, 1.165) is 22.6 Å². The number of amides is 1. The van der Waals surface area contributed by atoms with Gasteiger partial charge < -0.3 is 11.1 Å². The molecule has 0 aliphatic carbocycles. The maximum Gasteiger partial charge on any atom is 0.237 e. The first-order valence-electron chi connectivity index (χ1n) is 8.47. The van der Waals surface area contributed by atoms with E-state index in [1.54, 1.807) is 0 Å². The molecule has 0 fully saturated rings. The summed E-state index contributed by atoms with van der Waals surface area (Å²) in [6, 6.07) is 9.59. The lowest BCUT2D eigenvalue weighted by atomic mass is 10.0. The van der Waals surface area contributed by atoms with Gasteiger partial charge in [-0.05, 0) is 56.9 Å². The van der Waals surface area contributed by atoms with Crippen LogP contribution in [0.4, 0.5) is 0 Å². The van der Waals surface area contributed by atoms with Gasteiger partial charge in [0.15, 0.2) is 0 Å². The Labute approximate surface area is 168 Å². The molecule has 2 rings (SSSR count). The zero-order valence-electron chi connectivity index (χ0n) is 16.0. The molecule has 0 saturated carbocycles. The summed E-state index contributed by atoms with van der Waals surface area (Å²) in [6.07, 6.45) is 0.690. The molecule has 0 radical (unpaired) electrons. The lowest BCUT2D eigenvalue weighted by molar-refractivity contribution is -0.123. The summed E-state index contributed by atoms with van der Waals surface area (Å²) >= 11 is 0. The third-order valence-corrected chi connectivity index (χ3v) is 4.07. The van der Waals surface area contributed by atoms with Crippen molar-refractivity contribution in [2.24, 2.45) is 11.7 Å². The van der Waals surface area contributed by atoms with E-state index < -0.39 is 6.04 Å². The largest absolute Gasteiger partial charge is 0.348 e. The third-order valence-electron chi connectivity index (χ3n) is 4.07. The van der Waals surface area contributed by atoms with E-state index >= 15 is 0 Å². The quantitative estimate of drug-likeness (QED) is 0.772. The smallest absolute Gasteiger partial charge is 0.237 e. The topological polar surface area (TPSA) is 72.9 Å². The van der Waals surface area contributed by atoms with Gasteiger partial charge in [0.05, 0.1) is 23.5 Å². The van der Waals surface area contributed by atoms with Gasteiger partial charge in [0.25, 0.3) is 0 Å². The standard InChI is InChI=1S/C19H28N4O.2ClH/c1-12(2)10-18(20)19(24)21-15(5)16-6-8-17(9-7-16)23-14(4)11-13(3)22-23;;/h6-9,11-12,15,18H,10,20H2,1-5H3,(H,21,24);2*1H/t15?,18-;;/m0../s1. The number of halogens is 2. The molecule has 0 bridgehead atoms. The zero-order chi connectivity index (χ0) is 17.9. The fourth-order valence-corrected chi connectivity index (χ4v) is 2.81. The van der Waals surface area contributed by atoms with Gasteiger partial charge in [0.2, 0.25) is 5.91 Å². The number of hydrogen-bond acceptors (Lipinski definition) is 3. The highest BCUT2D eigenvalue weighted by Crippen LogP contribution is 2.17. The van der Waals surface area contributed by atoms with Crippen molar-refractivity contribution < 1.29 is 4.79 Å². The highest BCUT2D eigenvalue weighted by atomic mass is 35.5. The molecule has 3 N–H and O–H groups in total. The number of hydrogen-bond donors (Lipinski definition) is 2. The molecule has 1 amide bonds. The molecule has 1 heterocycles. The van der Waals surface area contributed by atoms with E-state index in [4.69, 9.17) is 5.73 Å². The number of nitrogens with two attached hydrogens (primary N) is 1. The molecular weight excluding hydrogens is 371 g/mol. The predicted octanol–water partition coefficient (Wildman–Crippen LogP) is 3.88. The van der Waals surface area contributed by atoms with Crippen LogP contribution in [-0.2, 0) is 4.79 Å². The van der Waals surface area contributed by atoms with E-state index in [2.05, 4.69) is 24.3 Å². The number of nitrogens with one attached hydrogen (secondary N) is 1. The number of aryl methyl sites for hydroxylation is 2. The van der Waals surface area contributed by atoms with E-state index in [1.807, 2.05) is 55.8 Å². The van der Waals surface area contributed by atoms with Crippen LogP contribution >= 0.6 is 24.8 Å². The predicted molar refractivity (Wildman–Crippen MR) is 112 cm³/mol. The van der Waals surface area contributed by atoms with Gasteiger partial charge >= 0.3 is 0 Å². The Morgan fingerprint density at radius 3 is 2.19 bits per heavy atom. The Morgan fingerprint density at radius 2 is 1.73 bits per heavy atom. The molecular formula is C19H30Cl2N4O. The number of aromatic nitrogens is 2. The number of nitrogens with zero attached hydrogens (tertiary/aromatic N) is 2. The van der Waals surface area contributed by atoms with E-state index in [1.165, 1.54) is 0 Å². The summed E-state index contributed by atoms with van der Waals surface area (Å²) < 4.78 is 1.92. The Balaban J connectivity index is 0.00000312. The molecule has 5 nitrogen and oxygen atoms in total. The number of rotatable bonds is 6. The second-order valence-electron chi connectivity index (χ2n) is 6.90. The summed E-state index contributed by atoms with van der Waals surface area (Å²) in [5, 5.41) is 7.47. The molecule has 1 unspecified atom stereocenters. The first kappa shape index (κ1) is 24.4. The third kappa shape index (κ3) is 6.31. The van der Waals surface area contributed by atoms with Crippen molar-refractivity contribution in [1.82, 2.24) is 15.1 Å². The minimum absolute atomic E-state index is 0. The SMILES string of the molecule is Cc1cc(C)n(-c2ccc(C(C)NC(=O)[C@@H](N)CC(C)C)cc2)n1.Cl.Cl. The number of carbonyl (C=O) groups is 1. The second kappa shape index (κ2) is 10.6. The first-order valence-corrected chi connectivity index (χ1v) is 8.47. The first-order chi connectivity index (χ1) is 11.3. The minimum Gasteiger partial charge on any atom is -0.348 e. The average Bonchev–Trinajstić information content (AvgIpc) is 2.85. The Bertz CT molecular complexity index is 698. The molecule has 0 spiro atoms. The molecule has 0 aliphatic heterocycles. The van der Waals surface area contributed by atoms with Gasteiger partial charge in [0, 0.05) is 5.69 Å². The van der Waals surface area contributed by atoms with Crippen molar-refractivity contribution in [1.29, 1.82) is 0 Å². The summed E-state index contributed by atoms with van der Waals surface area (Å²) in [4.78, 5) is 12.1. The molecule has 26 heavy (non-hydrogen) atoms. The maximum absolute atomic E-state index is 12.1. The number of carbonyl (C=O) groups excluding carboxylic acids is 1. The van der Waals surface area contributed by atoms with Crippen LogP contribution in [-0.4, -0.2) is 21.7 Å². The highest BCUT2D eigenvalue weighted by molar-refractivity contribution is 5.85. The molecule has 7 heteroatoms. The molecule has 0 saturated heterocycles. The lowest BCUT2D eigenvalue weighted by Crippen LogP contribution is -2.42. The van der Waals surface area contributed by atoms with Crippen LogP contribution in [0.25, 0.3) is 5.69 Å². The van der Waals surface area contributed by atoms with Gasteiger partial charge in [-0.2, -0.15) is 5.10 Å². The van der Waals surface area contributed by atoms with Gasteiger partial charge in [0.1, 0.15) is 0 Å². The molecule has 1 aromatic carbocycles. The van der Waals surface area contributed by atoms with Crippen molar-refractivity contribution in [2.75, 3.05) is 0 Å². The average molecular weight is 401 g/mol. The van der Waals surface area contributed by atoms with Crippen LogP contribution in [0.15, 0.2) is 30.3 Å². The Hall–Kier alpha value is -1.56. The molecule has 0 aliphatic rings. The van der Waals surface area contributed by atoms with Crippen LogP contribution in [0.2, 0.25) is 0 Å². The van der Waals surface area contributed by atoms with Crippen LogP contribution in [0.3, 0.4) is 0 Å². The monoisotopic (exact) mass is 400 g/mol. The highest BCUT2D eigenvalue weighted by Gasteiger charge is 2.17. The van der Waals surface area contributed by atoms with Crippen molar-refractivity contribution >= 4 is 30.7 Å². The van der Waals surface area contributed by atoms with E-state index in [-0.39, 0.29) is 36.8 Å². The van der Waals surface area contributed by atoms with Gasteiger partial charge in [-0.1, -0.05) is 26.0 Å². The fraction of sp³-hybridized carbons (Fsp3) is 0.474. The molecule has 2 atom stereocenters.